The molecule has 0 heterocycles. The second-order valence-electron chi connectivity index (χ2n) is 6.46. The minimum absolute atomic E-state index is 0.119. The smallest absolute Gasteiger partial charge is 0.259 e. The Balaban J connectivity index is 1.51. The van der Waals surface area contributed by atoms with E-state index in [1.165, 1.54) is 6.21 Å². The number of para-hydroxylation sites is 1. The zero-order valence-corrected chi connectivity index (χ0v) is 16.1. The number of carbonyl (C=O) groups is 2. The molecule has 0 aromatic heterocycles. The van der Waals surface area contributed by atoms with Crippen LogP contribution < -0.4 is 16.1 Å². The monoisotopic (exact) mass is 386 g/mol. The molecule has 0 saturated heterocycles. The maximum absolute atomic E-state index is 12.3. The number of benzene rings is 3. The molecule has 146 valence electrons. The van der Waals surface area contributed by atoms with Gasteiger partial charge in [-0.15, -0.1) is 0 Å². The molecule has 3 aromatic carbocycles. The average Bonchev–Trinajstić information content (AvgIpc) is 2.74. The van der Waals surface area contributed by atoms with E-state index in [9.17, 15) is 9.59 Å². The number of rotatable bonds is 7. The highest BCUT2D eigenvalue weighted by molar-refractivity contribution is 6.04. The Bertz CT molecular complexity index is 999. The summed E-state index contributed by atoms with van der Waals surface area (Å²) in [7, 11) is 0. The van der Waals surface area contributed by atoms with Crippen LogP contribution in [0, 0.1) is 6.92 Å². The van der Waals surface area contributed by atoms with Gasteiger partial charge < -0.3 is 10.6 Å². The second-order valence-corrected chi connectivity index (χ2v) is 6.46. The fourth-order valence-electron chi connectivity index (χ4n) is 2.56. The molecule has 3 rings (SSSR count). The van der Waals surface area contributed by atoms with Crippen LogP contribution in [0.3, 0.4) is 0 Å². The fourth-order valence-corrected chi connectivity index (χ4v) is 2.56. The maximum atomic E-state index is 12.3. The van der Waals surface area contributed by atoms with Gasteiger partial charge in [0.05, 0.1) is 12.8 Å². The van der Waals surface area contributed by atoms with Gasteiger partial charge in [-0.3, -0.25) is 9.59 Å². The van der Waals surface area contributed by atoms with Crippen molar-refractivity contribution >= 4 is 29.4 Å². The molecule has 0 aliphatic carbocycles. The predicted molar refractivity (Wildman–Crippen MR) is 116 cm³/mol. The number of hydrogen-bond donors (Lipinski definition) is 3. The molecule has 0 bridgehead atoms. The van der Waals surface area contributed by atoms with Crippen molar-refractivity contribution in [3.8, 4) is 0 Å². The molecule has 2 amide bonds. The van der Waals surface area contributed by atoms with Crippen molar-refractivity contribution in [1.29, 1.82) is 0 Å². The van der Waals surface area contributed by atoms with Gasteiger partial charge in [-0.25, -0.2) is 5.43 Å². The first-order valence-electron chi connectivity index (χ1n) is 9.19. The average molecular weight is 386 g/mol. The zero-order chi connectivity index (χ0) is 20.5. The number of hydrogen-bond acceptors (Lipinski definition) is 4. The Hall–Kier alpha value is -3.93. The summed E-state index contributed by atoms with van der Waals surface area (Å²) in [5.74, 6) is -0.437. The largest absolute Gasteiger partial charge is 0.376 e. The molecule has 0 atom stereocenters. The second kappa shape index (κ2) is 9.85. The summed E-state index contributed by atoms with van der Waals surface area (Å²) >= 11 is 0. The van der Waals surface area contributed by atoms with E-state index in [0.717, 1.165) is 16.8 Å². The van der Waals surface area contributed by atoms with Crippen LogP contribution >= 0.6 is 0 Å². The lowest BCUT2D eigenvalue weighted by Crippen LogP contribution is -2.25. The van der Waals surface area contributed by atoms with E-state index in [0.29, 0.717) is 11.3 Å². The Labute approximate surface area is 169 Å². The molecule has 0 unspecified atom stereocenters. The van der Waals surface area contributed by atoms with Crippen molar-refractivity contribution in [1.82, 2.24) is 5.43 Å². The number of carbonyl (C=O) groups excluding carboxylic acids is 2. The number of hydrazone groups is 1. The Morgan fingerprint density at radius 3 is 2.38 bits per heavy atom. The van der Waals surface area contributed by atoms with Gasteiger partial charge in [-0.05, 0) is 48.9 Å². The Kier molecular flexibility index (Phi) is 6.73. The molecular formula is C23H22N4O2. The van der Waals surface area contributed by atoms with Gasteiger partial charge in [0, 0.05) is 16.9 Å². The van der Waals surface area contributed by atoms with Crippen molar-refractivity contribution in [3.05, 3.63) is 95.6 Å². The predicted octanol–water partition coefficient (Wildman–Crippen LogP) is 3.81. The molecule has 0 fully saturated rings. The van der Waals surface area contributed by atoms with Gasteiger partial charge >= 0.3 is 0 Å². The number of aryl methyl sites for hydroxylation is 1. The summed E-state index contributed by atoms with van der Waals surface area (Å²) in [6, 6.07) is 24.0. The zero-order valence-electron chi connectivity index (χ0n) is 16.1. The van der Waals surface area contributed by atoms with Gasteiger partial charge in [0.1, 0.15) is 0 Å². The first-order chi connectivity index (χ1) is 14.1. The first kappa shape index (κ1) is 19.8. The summed E-state index contributed by atoms with van der Waals surface area (Å²) < 4.78 is 0. The van der Waals surface area contributed by atoms with E-state index in [2.05, 4.69) is 21.2 Å². The third-order valence-corrected chi connectivity index (χ3v) is 4.09. The third-order valence-electron chi connectivity index (χ3n) is 4.09. The Morgan fingerprint density at radius 2 is 1.62 bits per heavy atom. The molecule has 0 aliphatic rings. The van der Waals surface area contributed by atoms with E-state index in [4.69, 9.17) is 0 Å². The lowest BCUT2D eigenvalue weighted by molar-refractivity contribution is -0.119. The molecule has 0 radical (unpaired) electrons. The number of nitrogens with zero attached hydrogens (tertiary/aromatic N) is 1. The molecule has 0 aliphatic heterocycles. The quantitative estimate of drug-likeness (QED) is 0.427. The summed E-state index contributed by atoms with van der Waals surface area (Å²) in [5, 5.41) is 9.83. The molecule has 29 heavy (non-hydrogen) atoms. The van der Waals surface area contributed by atoms with E-state index >= 15 is 0 Å². The molecule has 0 spiro atoms. The first-order valence-corrected chi connectivity index (χ1v) is 9.19. The number of amides is 2. The summed E-state index contributed by atoms with van der Waals surface area (Å²) in [4.78, 5) is 24.2. The van der Waals surface area contributed by atoms with Crippen LogP contribution in [-0.4, -0.2) is 24.6 Å². The minimum atomic E-state index is -0.256. The van der Waals surface area contributed by atoms with Crippen molar-refractivity contribution in [2.24, 2.45) is 5.10 Å². The van der Waals surface area contributed by atoms with E-state index in [-0.39, 0.29) is 18.4 Å². The minimum Gasteiger partial charge on any atom is -0.376 e. The standard InChI is InChI=1S/C23H22N4O2/c1-17-10-12-19(13-11-17)23(29)26-21-9-5-6-18(14-21)15-25-27-22(28)16-24-20-7-3-2-4-8-20/h2-15,24H,16H2,1H3,(H,26,29)(H,27,28)/b25-15-. The van der Waals surface area contributed by atoms with Crippen LogP contribution in [0.15, 0.2) is 84.0 Å². The highest BCUT2D eigenvalue weighted by atomic mass is 16.2. The van der Waals surface area contributed by atoms with Crippen molar-refractivity contribution in [3.63, 3.8) is 0 Å². The SMILES string of the molecule is Cc1ccc(C(=O)Nc2cccc(/C=N\NC(=O)CNc3ccccc3)c2)cc1. The van der Waals surface area contributed by atoms with E-state index in [1.54, 1.807) is 24.3 Å². The summed E-state index contributed by atoms with van der Waals surface area (Å²) in [6.45, 7) is 2.09. The van der Waals surface area contributed by atoms with Gasteiger partial charge in [0.25, 0.3) is 11.8 Å². The lowest BCUT2D eigenvalue weighted by atomic mass is 10.1. The molecule has 6 nitrogen and oxygen atoms in total. The van der Waals surface area contributed by atoms with Crippen LogP contribution in [0.5, 0.6) is 0 Å². The lowest BCUT2D eigenvalue weighted by Gasteiger charge is -2.06. The van der Waals surface area contributed by atoms with Gasteiger partial charge in [0.2, 0.25) is 0 Å². The van der Waals surface area contributed by atoms with Gasteiger partial charge in [0.15, 0.2) is 0 Å². The molecular weight excluding hydrogens is 364 g/mol. The van der Waals surface area contributed by atoms with Crippen molar-refractivity contribution in [2.75, 3.05) is 17.2 Å². The highest BCUT2D eigenvalue weighted by Gasteiger charge is 2.06. The van der Waals surface area contributed by atoms with Crippen LogP contribution in [0.25, 0.3) is 0 Å². The normalized spacial score (nSPS) is 10.5. The topological polar surface area (TPSA) is 82.6 Å². The van der Waals surface area contributed by atoms with Gasteiger partial charge in [-0.1, -0.05) is 48.0 Å². The van der Waals surface area contributed by atoms with E-state index in [1.807, 2.05) is 61.5 Å². The van der Waals surface area contributed by atoms with Crippen LogP contribution in [0.1, 0.15) is 21.5 Å². The molecule has 3 aromatic rings. The summed E-state index contributed by atoms with van der Waals surface area (Å²) in [5.41, 5.74) is 6.43. The maximum Gasteiger partial charge on any atom is 0.259 e. The fraction of sp³-hybridized carbons (Fsp3) is 0.0870. The van der Waals surface area contributed by atoms with Crippen LogP contribution in [0.4, 0.5) is 11.4 Å². The highest BCUT2D eigenvalue weighted by Crippen LogP contribution is 2.12. The van der Waals surface area contributed by atoms with Crippen LogP contribution in [-0.2, 0) is 4.79 Å². The number of nitrogens with one attached hydrogen (secondary N) is 3. The molecule has 3 N–H and O–H groups in total. The number of anilines is 2. The van der Waals surface area contributed by atoms with Crippen molar-refractivity contribution in [2.45, 2.75) is 6.92 Å². The van der Waals surface area contributed by atoms with Gasteiger partial charge in [-0.2, -0.15) is 5.10 Å². The molecule has 0 saturated carbocycles. The third kappa shape index (κ3) is 6.32. The molecule has 6 heteroatoms. The van der Waals surface area contributed by atoms with Crippen LogP contribution in [0.2, 0.25) is 0 Å². The Morgan fingerprint density at radius 1 is 0.897 bits per heavy atom. The summed E-state index contributed by atoms with van der Waals surface area (Å²) in [6.07, 6.45) is 1.53. The van der Waals surface area contributed by atoms with E-state index < -0.39 is 0 Å². The van der Waals surface area contributed by atoms with Crippen molar-refractivity contribution < 1.29 is 9.59 Å².